The van der Waals surface area contributed by atoms with Crippen molar-refractivity contribution in [3.8, 4) is 0 Å². The Kier molecular flexibility index (Phi) is 66.0. The van der Waals surface area contributed by atoms with Gasteiger partial charge in [0.15, 0.2) is 0 Å². The van der Waals surface area contributed by atoms with Crippen molar-refractivity contribution in [1.82, 2.24) is 36.4 Å². The van der Waals surface area contributed by atoms with Crippen LogP contribution < -0.4 is 38.1 Å². The van der Waals surface area contributed by atoms with Gasteiger partial charge in [-0.2, -0.15) is 0 Å². The van der Waals surface area contributed by atoms with Gasteiger partial charge in [-0.1, -0.05) is 63.8 Å². The molecule has 0 spiro atoms. The second-order valence-electron chi connectivity index (χ2n) is 13.1. The van der Waals surface area contributed by atoms with Crippen LogP contribution >= 0.6 is 14.1 Å². The number of Topliss-reactive ketones (excluding diaryl/α,β-unsaturated/α-hetero) is 2. The Morgan fingerprint density at radius 3 is 1.07 bits per heavy atom. The third-order valence-electron chi connectivity index (χ3n) is 8.76. The summed E-state index contributed by atoms with van der Waals surface area (Å²) in [6, 6.07) is -0.452. The molecule has 3 unspecified atom stereocenters. The van der Waals surface area contributed by atoms with Crippen LogP contribution in [0.2, 0.25) is 0 Å². The fourth-order valence-corrected chi connectivity index (χ4v) is 5.33. The van der Waals surface area contributed by atoms with Crippen LogP contribution in [0.3, 0.4) is 0 Å². The molecule has 0 aromatic heterocycles. The molecule has 2 aliphatic heterocycles. The monoisotopic (exact) mass is 1030 g/mol. The highest BCUT2D eigenvalue weighted by Crippen LogP contribution is 2.10. The summed E-state index contributed by atoms with van der Waals surface area (Å²) in [4.78, 5) is 104. The quantitative estimate of drug-likeness (QED) is 0.0323. The summed E-state index contributed by atoms with van der Waals surface area (Å²) in [5.74, 6) is -1.99. The van der Waals surface area contributed by atoms with E-state index in [9.17, 15) is 43.2 Å². The summed E-state index contributed by atoms with van der Waals surface area (Å²) in [7, 11) is 6.98. The minimum atomic E-state index is -0.389. The molecule has 0 saturated heterocycles. The van der Waals surface area contributed by atoms with Crippen molar-refractivity contribution < 1.29 is 43.2 Å². The summed E-state index contributed by atoms with van der Waals surface area (Å²) in [5, 5.41) is 14.2. The van der Waals surface area contributed by atoms with Gasteiger partial charge in [-0.15, -0.1) is 0 Å². The van der Waals surface area contributed by atoms with Crippen LogP contribution in [0.15, 0.2) is 24.3 Å². The molecule has 18 nitrogen and oxygen atoms in total. The molecule has 392 valence electrons. The van der Waals surface area contributed by atoms with E-state index < -0.39 is 0 Å². The van der Waals surface area contributed by atoms with Gasteiger partial charge >= 0.3 is 0 Å². The fourth-order valence-electron chi connectivity index (χ4n) is 5.33. The SMILES string of the molecule is C.C.C.C.CC.CC.CNC(CCCCN)C(C)=O.CNC(CCCCNC(=O)CCN1C(=O)C=CC1=O)C(C)=O.CNC(CCCCNC(=O)CCN1C(=O)C=CC1=O)C(N)=O.S=PP=S. The number of amides is 7. The molecule has 9 N–H and O–H groups in total. The Morgan fingerprint density at radius 2 is 0.836 bits per heavy atom. The number of carbonyl (C=O) groups excluding carboxylic acids is 9. The van der Waals surface area contributed by atoms with Gasteiger partial charge in [0.05, 0.1) is 18.1 Å². The van der Waals surface area contributed by atoms with E-state index >= 15 is 0 Å². The average molecular weight is 1030 g/mol. The van der Waals surface area contributed by atoms with E-state index in [4.69, 9.17) is 11.5 Å². The molecule has 2 rings (SSSR count). The van der Waals surface area contributed by atoms with E-state index in [1.165, 1.54) is 24.3 Å². The molecular formula is C45H91N9O9P2S2. The average Bonchev–Trinajstić information content (AvgIpc) is 3.78. The first kappa shape index (κ1) is 80.4. The van der Waals surface area contributed by atoms with E-state index in [1.807, 2.05) is 34.7 Å². The Hall–Kier alpha value is -3.61. The minimum absolute atomic E-state index is 0. The summed E-state index contributed by atoms with van der Waals surface area (Å²) < 4.78 is 0. The van der Waals surface area contributed by atoms with Crippen LogP contribution in [0.1, 0.15) is 142 Å². The number of ketones is 2. The zero-order valence-electron chi connectivity index (χ0n) is 38.8. The third-order valence-corrected chi connectivity index (χ3v) is 11.4. The summed E-state index contributed by atoms with van der Waals surface area (Å²) in [6.07, 6.45) is 12.4. The lowest BCUT2D eigenvalue weighted by Crippen LogP contribution is -2.39. The van der Waals surface area contributed by atoms with Gasteiger partial charge in [0.1, 0.15) is 11.6 Å². The largest absolute Gasteiger partial charge is 0.368 e. The molecule has 0 aromatic carbocycles. The van der Waals surface area contributed by atoms with Crippen molar-refractivity contribution >= 4 is 90.6 Å². The molecule has 0 saturated carbocycles. The Morgan fingerprint density at radius 1 is 0.552 bits per heavy atom. The first-order valence-corrected chi connectivity index (χ1v) is 25.8. The predicted molar refractivity (Wildman–Crippen MR) is 285 cm³/mol. The van der Waals surface area contributed by atoms with Gasteiger partial charge in [0.25, 0.3) is 23.6 Å². The molecule has 3 atom stereocenters. The summed E-state index contributed by atoms with van der Waals surface area (Å²) in [6.45, 7) is 13.1. The number of hydrogen-bond acceptors (Lipinski definition) is 15. The van der Waals surface area contributed by atoms with E-state index in [-0.39, 0.29) is 127 Å². The molecule has 7 amide bonds. The maximum absolute atomic E-state index is 11.6. The van der Waals surface area contributed by atoms with Gasteiger partial charge in [-0.3, -0.25) is 53.0 Å². The first-order chi connectivity index (χ1) is 30.0. The van der Waals surface area contributed by atoms with Crippen molar-refractivity contribution in [2.45, 2.75) is 160 Å². The highest BCUT2D eigenvalue weighted by Gasteiger charge is 2.24. The van der Waals surface area contributed by atoms with Gasteiger partial charge in [0, 0.05) is 77.4 Å². The Labute approximate surface area is 418 Å². The van der Waals surface area contributed by atoms with E-state index in [0.717, 1.165) is 75.3 Å². The number of carbonyl (C=O) groups is 9. The third kappa shape index (κ3) is 43.4. The van der Waals surface area contributed by atoms with Crippen LogP contribution in [-0.4, -0.2) is 135 Å². The van der Waals surface area contributed by atoms with Crippen LogP contribution in [0.4, 0.5) is 0 Å². The number of rotatable bonds is 27. The lowest BCUT2D eigenvalue weighted by atomic mass is 10.1. The van der Waals surface area contributed by atoms with E-state index in [1.54, 1.807) is 27.9 Å². The molecule has 0 aromatic rings. The van der Waals surface area contributed by atoms with E-state index in [0.29, 0.717) is 26.1 Å². The van der Waals surface area contributed by atoms with Crippen molar-refractivity contribution in [2.24, 2.45) is 11.5 Å². The highest BCUT2D eigenvalue weighted by molar-refractivity contribution is 8.40. The van der Waals surface area contributed by atoms with E-state index in [2.05, 4.69) is 50.2 Å². The number of unbranched alkanes of at least 4 members (excludes halogenated alkanes) is 3. The van der Waals surface area contributed by atoms with Crippen molar-refractivity contribution in [3.05, 3.63) is 24.3 Å². The number of imide groups is 2. The normalized spacial score (nSPS) is 12.9. The second kappa shape index (κ2) is 55.0. The smallest absolute Gasteiger partial charge is 0.253 e. The highest BCUT2D eigenvalue weighted by atomic mass is 32.7. The lowest BCUT2D eigenvalue weighted by Gasteiger charge is -2.14. The number of likely N-dealkylation sites (N-methyl/N-ethyl adjacent to an activating group) is 3. The summed E-state index contributed by atoms with van der Waals surface area (Å²) >= 11 is 8.82. The second-order valence-corrected chi connectivity index (χ2v) is 17.4. The molecule has 0 aliphatic carbocycles. The van der Waals surface area contributed by atoms with Crippen molar-refractivity contribution in [2.75, 3.05) is 53.9 Å². The predicted octanol–water partition coefficient (Wildman–Crippen LogP) is 5.03. The van der Waals surface area contributed by atoms with Gasteiger partial charge in [-0.05, 0) is 117 Å². The van der Waals surface area contributed by atoms with Crippen molar-refractivity contribution in [3.63, 3.8) is 0 Å². The molecule has 0 fully saturated rings. The maximum atomic E-state index is 11.6. The van der Waals surface area contributed by atoms with Gasteiger partial charge < -0.3 is 38.1 Å². The number of primary amides is 1. The minimum Gasteiger partial charge on any atom is -0.368 e. The Bertz CT molecular complexity index is 1350. The van der Waals surface area contributed by atoms with Crippen LogP contribution in [0.25, 0.3) is 0 Å². The molecule has 0 radical (unpaired) electrons. The van der Waals surface area contributed by atoms with Gasteiger partial charge in [0.2, 0.25) is 17.7 Å². The first-order valence-electron chi connectivity index (χ1n) is 21.3. The maximum Gasteiger partial charge on any atom is 0.253 e. The zero-order valence-corrected chi connectivity index (χ0v) is 42.2. The molecule has 67 heavy (non-hydrogen) atoms. The fraction of sp³-hybridized carbons (Fsp3) is 0.711. The molecule has 2 heterocycles. The number of nitrogens with two attached hydrogens (primary N) is 2. The van der Waals surface area contributed by atoms with Crippen LogP contribution in [0.5, 0.6) is 0 Å². The molecule has 0 bridgehead atoms. The number of nitrogens with zero attached hydrogens (tertiary/aromatic N) is 2. The summed E-state index contributed by atoms with van der Waals surface area (Å²) in [5.41, 5.74) is 10.5. The number of nitrogens with one attached hydrogen (secondary N) is 5. The van der Waals surface area contributed by atoms with Gasteiger partial charge in [-0.25, -0.2) is 0 Å². The zero-order chi connectivity index (χ0) is 49.2. The number of hydrogen-bond donors (Lipinski definition) is 7. The van der Waals surface area contributed by atoms with Crippen LogP contribution in [-0.2, 0) is 66.8 Å². The standard InChI is InChI=1S/C15H23N3O4.C14H22N4O4.C8H18N2O.2C2H6.4CH4.P2S2/c1-11(19)12(16-2)5-3-4-9-17-13(20)8-10-18-14(21)6-7-15(18)22;1-16-10(14(15)22)4-2-3-8-17-11(19)7-9-18-12(20)5-6-13(18)21;1-7(11)8(10-2)5-3-4-6-9;2*1-2;;;;;3-1-2-4/h6-7,12,16H,3-5,8-10H2,1-2H3,(H,17,20);5-6,10,16H,2-4,7-9H2,1H3,(H2,15,22)(H,17,19);8,10H,3-6,9H2,1-2H3;2*1-2H3;4*1H4;. The molecular weight excluding hydrogens is 937 g/mol. The molecule has 2 aliphatic rings. The van der Waals surface area contributed by atoms with Crippen molar-refractivity contribution in [1.29, 1.82) is 0 Å². The molecule has 22 heteroatoms. The van der Waals surface area contributed by atoms with Crippen LogP contribution in [0, 0.1) is 0 Å². The lowest BCUT2D eigenvalue weighted by molar-refractivity contribution is -0.139. The topological polar surface area (TPSA) is 272 Å². The Balaban J connectivity index is -0.000000121.